The first kappa shape index (κ1) is 11.2. The van der Waals surface area contributed by atoms with Crippen LogP contribution in [-0.4, -0.2) is 19.4 Å². The van der Waals surface area contributed by atoms with Crippen LogP contribution in [0.15, 0.2) is 36.9 Å². The minimum Gasteiger partial charge on any atom is -0.298 e. The number of pyridine rings is 1. The van der Waals surface area contributed by atoms with Crippen LogP contribution in [-0.2, 0) is 6.42 Å². The highest BCUT2D eigenvalue weighted by molar-refractivity contribution is 6.30. The lowest BCUT2D eigenvalue weighted by Crippen LogP contribution is -1.99. The molecule has 0 bridgehead atoms. The summed E-state index contributed by atoms with van der Waals surface area (Å²) in [6.07, 6.45) is 5.97. The second-order valence-corrected chi connectivity index (χ2v) is 4.27. The molecule has 0 spiro atoms. The van der Waals surface area contributed by atoms with Gasteiger partial charge in [-0.05, 0) is 18.6 Å². The molecule has 0 N–H and O–H groups in total. The molecule has 90 valence electrons. The van der Waals surface area contributed by atoms with Gasteiger partial charge in [-0.15, -0.1) is 0 Å². The summed E-state index contributed by atoms with van der Waals surface area (Å²) in [5.41, 5.74) is 3.69. The van der Waals surface area contributed by atoms with E-state index in [-0.39, 0.29) is 0 Å². The average Bonchev–Trinajstić information content (AvgIpc) is 2.86. The number of imidazole rings is 1. The SMILES string of the molecule is CCc1c(Cl)ncnc1-c1cccc2nccn12. The highest BCUT2D eigenvalue weighted by Gasteiger charge is 2.12. The van der Waals surface area contributed by atoms with Gasteiger partial charge in [0.15, 0.2) is 0 Å². The third kappa shape index (κ3) is 1.66. The van der Waals surface area contributed by atoms with E-state index < -0.39 is 0 Å². The summed E-state index contributed by atoms with van der Waals surface area (Å²) in [5, 5.41) is 0.514. The molecule has 0 aliphatic heterocycles. The van der Waals surface area contributed by atoms with Gasteiger partial charge in [0.25, 0.3) is 0 Å². The van der Waals surface area contributed by atoms with Crippen LogP contribution in [0.4, 0.5) is 0 Å². The molecule has 3 rings (SSSR count). The van der Waals surface area contributed by atoms with E-state index in [9.17, 15) is 0 Å². The van der Waals surface area contributed by atoms with Crippen molar-refractivity contribution >= 4 is 17.2 Å². The molecule has 0 amide bonds. The van der Waals surface area contributed by atoms with Crippen molar-refractivity contribution in [1.82, 2.24) is 19.4 Å². The molecule has 0 fully saturated rings. The first-order valence-corrected chi connectivity index (χ1v) is 6.11. The molecule has 0 radical (unpaired) electrons. The Balaban J connectivity index is 2.32. The summed E-state index contributed by atoms with van der Waals surface area (Å²) in [6.45, 7) is 2.04. The molecule has 3 heterocycles. The fourth-order valence-corrected chi connectivity index (χ4v) is 2.33. The van der Waals surface area contributed by atoms with Crippen molar-refractivity contribution in [1.29, 1.82) is 0 Å². The van der Waals surface area contributed by atoms with Crippen LogP contribution in [0, 0.1) is 0 Å². The third-order valence-electron chi connectivity index (χ3n) is 2.92. The summed E-state index contributed by atoms with van der Waals surface area (Å²) in [7, 11) is 0. The Morgan fingerprint density at radius 3 is 2.94 bits per heavy atom. The molecule has 0 atom stereocenters. The zero-order valence-corrected chi connectivity index (χ0v) is 10.6. The van der Waals surface area contributed by atoms with Gasteiger partial charge in [-0.1, -0.05) is 24.6 Å². The topological polar surface area (TPSA) is 43.1 Å². The molecule has 0 aliphatic carbocycles. The van der Waals surface area contributed by atoms with Gasteiger partial charge >= 0.3 is 0 Å². The number of hydrogen-bond acceptors (Lipinski definition) is 3. The van der Waals surface area contributed by atoms with Gasteiger partial charge in [0.2, 0.25) is 0 Å². The average molecular weight is 259 g/mol. The molecule has 5 heteroatoms. The summed E-state index contributed by atoms with van der Waals surface area (Å²) in [4.78, 5) is 12.7. The minimum absolute atomic E-state index is 0.514. The lowest BCUT2D eigenvalue weighted by Gasteiger charge is -2.09. The number of hydrogen-bond donors (Lipinski definition) is 0. The van der Waals surface area contributed by atoms with Crippen molar-refractivity contribution in [3.8, 4) is 11.4 Å². The van der Waals surface area contributed by atoms with Crippen LogP contribution in [0.5, 0.6) is 0 Å². The van der Waals surface area contributed by atoms with Crippen molar-refractivity contribution in [2.75, 3.05) is 0 Å². The highest BCUT2D eigenvalue weighted by atomic mass is 35.5. The Labute approximate surface area is 109 Å². The Bertz CT molecular complexity index is 705. The van der Waals surface area contributed by atoms with Crippen molar-refractivity contribution < 1.29 is 0 Å². The normalized spacial score (nSPS) is 11.0. The molecule has 0 unspecified atom stereocenters. The van der Waals surface area contributed by atoms with Gasteiger partial charge in [0, 0.05) is 18.0 Å². The van der Waals surface area contributed by atoms with E-state index in [1.807, 2.05) is 35.7 Å². The zero-order chi connectivity index (χ0) is 12.5. The van der Waals surface area contributed by atoms with Gasteiger partial charge in [-0.2, -0.15) is 0 Å². The maximum Gasteiger partial charge on any atom is 0.137 e. The number of fused-ring (bicyclic) bond motifs is 1. The fraction of sp³-hybridized carbons (Fsp3) is 0.154. The molecule has 18 heavy (non-hydrogen) atoms. The van der Waals surface area contributed by atoms with Crippen molar-refractivity contribution in [2.45, 2.75) is 13.3 Å². The van der Waals surface area contributed by atoms with Gasteiger partial charge in [0.05, 0.1) is 11.4 Å². The Morgan fingerprint density at radius 1 is 1.22 bits per heavy atom. The lowest BCUT2D eigenvalue weighted by atomic mass is 10.1. The summed E-state index contributed by atoms with van der Waals surface area (Å²) in [6, 6.07) is 5.93. The Morgan fingerprint density at radius 2 is 2.11 bits per heavy atom. The quantitative estimate of drug-likeness (QED) is 0.664. The van der Waals surface area contributed by atoms with Crippen LogP contribution in [0.25, 0.3) is 17.0 Å². The summed E-state index contributed by atoms with van der Waals surface area (Å²) >= 11 is 6.13. The van der Waals surface area contributed by atoms with E-state index in [0.717, 1.165) is 29.0 Å². The van der Waals surface area contributed by atoms with Crippen molar-refractivity contribution in [3.63, 3.8) is 0 Å². The molecular formula is C13H11ClN4. The first-order valence-electron chi connectivity index (χ1n) is 5.73. The maximum absolute atomic E-state index is 6.13. The zero-order valence-electron chi connectivity index (χ0n) is 9.84. The van der Waals surface area contributed by atoms with Gasteiger partial charge in [0.1, 0.15) is 17.1 Å². The summed E-state index contributed by atoms with van der Waals surface area (Å²) < 4.78 is 2.00. The van der Waals surface area contributed by atoms with Gasteiger partial charge in [-0.3, -0.25) is 4.40 Å². The number of halogens is 1. The minimum atomic E-state index is 0.514. The van der Waals surface area contributed by atoms with Crippen molar-refractivity contribution in [3.05, 3.63) is 47.6 Å². The molecular weight excluding hydrogens is 248 g/mol. The number of nitrogens with zero attached hydrogens (tertiary/aromatic N) is 4. The second-order valence-electron chi connectivity index (χ2n) is 3.91. The van der Waals surface area contributed by atoms with Crippen LogP contribution in [0.2, 0.25) is 5.15 Å². The van der Waals surface area contributed by atoms with Gasteiger partial charge < -0.3 is 0 Å². The lowest BCUT2D eigenvalue weighted by molar-refractivity contribution is 1.03. The predicted octanol–water partition coefficient (Wildman–Crippen LogP) is 3.01. The fourth-order valence-electron chi connectivity index (χ4n) is 2.07. The van der Waals surface area contributed by atoms with E-state index >= 15 is 0 Å². The molecule has 0 saturated carbocycles. The van der Waals surface area contributed by atoms with E-state index in [1.54, 1.807) is 6.20 Å². The smallest absolute Gasteiger partial charge is 0.137 e. The van der Waals surface area contributed by atoms with E-state index in [4.69, 9.17) is 11.6 Å². The number of aromatic nitrogens is 4. The monoisotopic (exact) mass is 258 g/mol. The Hall–Kier alpha value is -1.94. The molecule has 4 nitrogen and oxygen atoms in total. The van der Waals surface area contributed by atoms with E-state index in [1.165, 1.54) is 6.33 Å². The molecule has 3 aromatic rings. The van der Waals surface area contributed by atoms with E-state index in [0.29, 0.717) is 5.15 Å². The van der Waals surface area contributed by atoms with Crippen LogP contribution in [0.1, 0.15) is 12.5 Å². The molecule has 3 aromatic heterocycles. The molecule has 0 aliphatic rings. The second kappa shape index (κ2) is 4.38. The first-order chi connectivity index (χ1) is 8.81. The number of rotatable bonds is 2. The summed E-state index contributed by atoms with van der Waals surface area (Å²) in [5.74, 6) is 0. The largest absolute Gasteiger partial charge is 0.298 e. The standard InChI is InChI=1S/C13H11ClN4/c1-2-9-12(16-8-17-13(9)14)10-4-3-5-11-15-6-7-18(10)11/h3-8H,2H2,1H3. The van der Waals surface area contributed by atoms with Crippen molar-refractivity contribution in [2.24, 2.45) is 0 Å². The van der Waals surface area contributed by atoms with Crippen LogP contribution < -0.4 is 0 Å². The molecule has 0 saturated heterocycles. The highest BCUT2D eigenvalue weighted by Crippen LogP contribution is 2.26. The third-order valence-corrected chi connectivity index (χ3v) is 3.24. The van der Waals surface area contributed by atoms with Crippen LogP contribution >= 0.6 is 11.6 Å². The predicted molar refractivity (Wildman–Crippen MR) is 70.6 cm³/mol. The van der Waals surface area contributed by atoms with E-state index in [2.05, 4.69) is 15.0 Å². The Kier molecular flexibility index (Phi) is 2.72. The molecule has 0 aromatic carbocycles. The maximum atomic E-state index is 6.13. The van der Waals surface area contributed by atoms with Gasteiger partial charge in [-0.25, -0.2) is 15.0 Å². The van der Waals surface area contributed by atoms with Crippen LogP contribution in [0.3, 0.4) is 0 Å².